The van der Waals surface area contributed by atoms with Crippen LogP contribution in [0.5, 0.6) is 0 Å². The largest absolute Gasteiger partial charge is 0.384 e. The lowest BCUT2D eigenvalue weighted by molar-refractivity contribution is 0.530. The van der Waals surface area contributed by atoms with E-state index >= 15 is 0 Å². The van der Waals surface area contributed by atoms with Gasteiger partial charge in [0.15, 0.2) is 0 Å². The first-order valence-corrected chi connectivity index (χ1v) is 6.61. The molecular formula is C10H15N3O2S. The molecule has 1 fully saturated rings. The summed E-state index contributed by atoms with van der Waals surface area (Å²) in [7, 11) is -3.45. The van der Waals surface area contributed by atoms with Crippen LogP contribution in [0.4, 0.5) is 5.82 Å². The molecule has 0 bridgehead atoms. The van der Waals surface area contributed by atoms with Crippen molar-refractivity contribution in [3.8, 4) is 0 Å². The van der Waals surface area contributed by atoms with Gasteiger partial charge in [-0.05, 0) is 24.3 Å². The molecule has 16 heavy (non-hydrogen) atoms. The van der Waals surface area contributed by atoms with Crippen molar-refractivity contribution < 1.29 is 8.42 Å². The second kappa shape index (κ2) is 3.71. The second-order valence-corrected chi connectivity index (χ2v) is 6.32. The van der Waals surface area contributed by atoms with Gasteiger partial charge in [0, 0.05) is 18.8 Å². The first kappa shape index (κ1) is 11.3. The lowest BCUT2D eigenvalue weighted by Crippen LogP contribution is -2.29. The van der Waals surface area contributed by atoms with Gasteiger partial charge >= 0.3 is 0 Å². The number of anilines is 1. The molecule has 1 aliphatic carbocycles. The van der Waals surface area contributed by atoms with Crippen LogP contribution in [-0.4, -0.2) is 19.9 Å². The van der Waals surface area contributed by atoms with E-state index in [0.717, 1.165) is 12.8 Å². The predicted molar refractivity (Wildman–Crippen MR) is 61.2 cm³/mol. The smallest absolute Gasteiger partial charge is 0.240 e. The van der Waals surface area contributed by atoms with E-state index in [1.54, 1.807) is 0 Å². The van der Waals surface area contributed by atoms with E-state index in [0.29, 0.717) is 6.54 Å². The van der Waals surface area contributed by atoms with Crippen LogP contribution in [0, 0.1) is 5.41 Å². The zero-order chi connectivity index (χ0) is 11.8. The maximum absolute atomic E-state index is 11.9. The molecule has 0 aliphatic heterocycles. The average Bonchev–Trinajstić information content (AvgIpc) is 2.95. The SMILES string of the molecule is CC1(CNS(=O)(=O)c2ccnc(N)c2)CC1. The van der Waals surface area contributed by atoms with Crippen molar-refractivity contribution in [3.63, 3.8) is 0 Å². The number of rotatable bonds is 4. The fourth-order valence-electron chi connectivity index (χ4n) is 1.34. The lowest BCUT2D eigenvalue weighted by Gasteiger charge is -2.10. The second-order valence-electron chi connectivity index (χ2n) is 4.55. The molecule has 0 atom stereocenters. The lowest BCUT2D eigenvalue weighted by atomic mass is 10.2. The molecular weight excluding hydrogens is 226 g/mol. The fourth-order valence-corrected chi connectivity index (χ4v) is 2.56. The molecule has 1 aliphatic rings. The van der Waals surface area contributed by atoms with E-state index in [1.165, 1.54) is 18.3 Å². The third kappa shape index (κ3) is 2.51. The van der Waals surface area contributed by atoms with Crippen LogP contribution < -0.4 is 10.5 Å². The first-order chi connectivity index (χ1) is 7.41. The van der Waals surface area contributed by atoms with Gasteiger partial charge in [0.05, 0.1) is 4.90 Å². The summed E-state index contributed by atoms with van der Waals surface area (Å²) in [6, 6.07) is 2.80. The highest BCUT2D eigenvalue weighted by Gasteiger charge is 2.38. The van der Waals surface area contributed by atoms with Gasteiger partial charge in [0.1, 0.15) is 5.82 Å². The number of sulfonamides is 1. The highest BCUT2D eigenvalue weighted by atomic mass is 32.2. The molecule has 0 unspecified atom stereocenters. The molecule has 1 heterocycles. The fraction of sp³-hybridized carbons (Fsp3) is 0.500. The van der Waals surface area contributed by atoms with E-state index in [1.807, 2.05) is 0 Å². The van der Waals surface area contributed by atoms with Crippen molar-refractivity contribution in [2.24, 2.45) is 5.41 Å². The van der Waals surface area contributed by atoms with Crippen LogP contribution in [0.2, 0.25) is 0 Å². The number of nitrogens with one attached hydrogen (secondary N) is 1. The van der Waals surface area contributed by atoms with Crippen LogP contribution in [0.3, 0.4) is 0 Å². The zero-order valence-electron chi connectivity index (χ0n) is 9.10. The van der Waals surface area contributed by atoms with Gasteiger partial charge < -0.3 is 5.73 Å². The number of nitrogens with zero attached hydrogens (tertiary/aromatic N) is 1. The molecule has 88 valence electrons. The summed E-state index contributed by atoms with van der Waals surface area (Å²) in [6.07, 6.45) is 3.55. The van der Waals surface area contributed by atoms with Gasteiger partial charge in [-0.1, -0.05) is 6.92 Å². The maximum atomic E-state index is 11.9. The van der Waals surface area contributed by atoms with Crippen LogP contribution in [-0.2, 0) is 10.0 Å². The molecule has 0 amide bonds. The van der Waals surface area contributed by atoms with Gasteiger partial charge in [-0.2, -0.15) is 0 Å². The summed E-state index contributed by atoms with van der Waals surface area (Å²) in [5.41, 5.74) is 5.59. The van der Waals surface area contributed by atoms with Crippen LogP contribution in [0.25, 0.3) is 0 Å². The summed E-state index contributed by atoms with van der Waals surface area (Å²) in [6.45, 7) is 2.55. The molecule has 0 saturated heterocycles. The maximum Gasteiger partial charge on any atom is 0.240 e. The Kier molecular flexibility index (Phi) is 2.63. The summed E-state index contributed by atoms with van der Waals surface area (Å²) < 4.78 is 26.3. The van der Waals surface area contributed by atoms with Crippen molar-refractivity contribution in [1.82, 2.24) is 9.71 Å². The first-order valence-electron chi connectivity index (χ1n) is 5.13. The van der Waals surface area contributed by atoms with E-state index < -0.39 is 10.0 Å². The average molecular weight is 241 g/mol. The molecule has 3 N–H and O–H groups in total. The van der Waals surface area contributed by atoms with E-state index in [4.69, 9.17) is 5.73 Å². The van der Waals surface area contributed by atoms with Crippen molar-refractivity contribution >= 4 is 15.8 Å². The third-order valence-electron chi connectivity index (χ3n) is 2.86. The minimum Gasteiger partial charge on any atom is -0.384 e. The molecule has 0 spiro atoms. The number of nitrogen functional groups attached to an aromatic ring is 1. The summed E-state index contributed by atoms with van der Waals surface area (Å²) in [5.74, 6) is 0.209. The van der Waals surface area contributed by atoms with Gasteiger partial charge in [-0.3, -0.25) is 0 Å². The van der Waals surface area contributed by atoms with Gasteiger partial charge in [0.2, 0.25) is 10.0 Å². The van der Waals surface area contributed by atoms with E-state index in [9.17, 15) is 8.42 Å². The molecule has 5 nitrogen and oxygen atoms in total. The number of hydrogen-bond donors (Lipinski definition) is 2. The number of nitrogens with two attached hydrogens (primary N) is 1. The third-order valence-corrected chi connectivity index (χ3v) is 4.25. The summed E-state index contributed by atoms with van der Waals surface area (Å²) in [5, 5.41) is 0. The Morgan fingerprint density at radius 3 is 2.81 bits per heavy atom. The van der Waals surface area contributed by atoms with Crippen LogP contribution in [0.1, 0.15) is 19.8 Å². The molecule has 1 aromatic rings. The molecule has 0 aromatic carbocycles. The van der Waals surface area contributed by atoms with Gasteiger partial charge in [-0.15, -0.1) is 0 Å². The van der Waals surface area contributed by atoms with Crippen molar-refractivity contribution in [3.05, 3.63) is 18.3 Å². The minimum atomic E-state index is -3.45. The molecule has 0 radical (unpaired) electrons. The van der Waals surface area contributed by atoms with Crippen molar-refractivity contribution in [2.45, 2.75) is 24.7 Å². The van der Waals surface area contributed by atoms with E-state index in [-0.39, 0.29) is 16.1 Å². The predicted octanol–water partition coefficient (Wildman–Crippen LogP) is 0.742. The molecule has 6 heteroatoms. The number of hydrogen-bond acceptors (Lipinski definition) is 4. The Balaban J connectivity index is 2.12. The summed E-state index contributed by atoms with van der Waals surface area (Å²) >= 11 is 0. The zero-order valence-corrected chi connectivity index (χ0v) is 9.92. The highest BCUT2D eigenvalue weighted by molar-refractivity contribution is 7.89. The van der Waals surface area contributed by atoms with Crippen molar-refractivity contribution in [2.75, 3.05) is 12.3 Å². The normalized spacial score (nSPS) is 18.3. The topological polar surface area (TPSA) is 85.1 Å². The Labute approximate surface area is 95.1 Å². The minimum absolute atomic E-state index is 0.144. The quantitative estimate of drug-likeness (QED) is 0.814. The van der Waals surface area contributed by atoms with Crippen molar-refractivity contribution in [1.29, 1.82) is 0 Å². The molecule has 1 aromatic heterocycles. The van der Waals surface area contributed by atoms with Crippen LogP contribution in [0.15, 0.2) is 23.2 Å². The Bertz CT molecular complexity index is 495. The highest BCUT2D eigenvalue weighted by Crippen LogP contribution is 2.44. The number of aromatic nitrogens is 1. The molecule has 2 rings (SSSR count). The summed E-state index contributed by atoms with van der Waals surface area (Å²) in [4.78, 5) is 3.93. The Morgan fingerprint density at radius 1 is 1.56 bits per heavy atom. The Morgan fingerprint density at radius 2 is 2.25 bits per heavy atom. The van der Waals surface area contributed by atoms with Gasteiger partial charge in [0.25, 0.3) is 0 Å². The standard InChI is InChI=1S/C10H15N3O2S/c1-10(3-4-10)7-13-16(14,15)8-2-5-12-9(11)6-8/h2,5-6,13H,3-4,7H2,1H3,(H2,11,12). The Hall–Kier alpha value is -1.14. The molecule has 1 saturated carbocycles. The number of pyridine rings is 1. The van der Waals surface area contributed by atoms with E-state index in [2.05, 4.69) is 16.6 Å². The van der Waals surface area contributed by atoms with Crippen LogP contribution >= 0.6 is 0 Å². The monoisotopic (exact) mass is 241 g/mol. The van der Waals surface area contributed by atoms with Gasteiger partial charge in [-0.25, -0.2) is 18.1 Å².